The first-order valence-electron chi connectivity index (χ1n) is 8.73. The molecule has 2 amide bonds. The highest BCUT2D eigenvalue weighted by atomic mass is 32.1. The van der Waals surface area contributed by atoms with Gasteiger partial charge >= 0.3 is 0 Å². The molecule has 0 aliphatic rings. The lowest BCUT2D eigenvalue weighted by atomic mass is 9.95. The number of hydrogen-bond acceptors (Lipinski definition) is 7. The minimum atomic E-state index is -0.685. The molecule has 0 saturated carbocycles. The Labute approximate surface area is 173 Å². The number of rotatable bonds is 7. The fourth-order valence-electron chi connectivity index (χ4n) is 2.27. The third-order valence-corrected chi connectivity index (χ3v) is 4.51. The number of carbonyl (C=O) groups excluding carboxylic acids is 2. The lowest BCUT2D eigenvalue weighted by molar-refractivity contribution is -0.128. The Balaban J connectivity index is 2.47. The second-order valence-electron chi connectivity index (χ2n) is 7.01. The summed E-state index contributed by atoms with van der Waals surface area (Å²) < 4.78 is 16.0. The van der Waals surface area contributed by atoms with Crippen molar-refractivity contribution in [2.75, 3.05) is 26.6 Å². The average molecular weight is 420 g/mol. The van der Waals surface area contributed by atoms with E-state index in [9.17, 15) is 9.59 Å². The van der Waals surface area contributed by atoms with Crippen LogP contribution in [-0.2, 0) is 9.59 Å². The van der Waals surface area contributed by atoms with E-state index in [4.69, 9.17) is 14.2 Å². The van der Waals surface area contributed by atoms with E-state index in [0.717, 1.165) is 0 Å². The summed E-state index contributed by atoms with van der Waals surface area (Å²) in [6.45, 7) is 5.29. The summed E-state index contributed by atoms with van der Waals surface area (Å²) in [6.07, 6.45) is 3.12. The first-order chi connectivity index (χ1) is 13.7. The van der Waals surface area contributed by atoms with Gasteiger partial charge in [0.2, 0.25) is 11.7 Å². The van der Waals surface area contributed by atoms with Crippen LogP contribution in [0.5, 0.6) is 17.2 Å². The van der Waals surface area contributed by atoms with Gasteiger partial charge in [0, 0.05) is 17.0 Å². The Morgan fingerprint density at radius 3 is 2.14 bits per heavy atom. The lowest BCUT2D eigenvalue weighted by Crippen LogP contribution is -2.38. The summed E-state index contributed by atoms with van der Waals surface area (Å²) in [5.41, 5.74) is -0.0389. The predicted molar refractivity (Wildman–Crippen MR) is 112 cm³/mol. The fourth-order valence-corrected chi connectivity index (χ4v) is 2.79. The second-order valence-corrected chi connectivity index (χ2v) is 7.91. The Morgan fingerprint density at radius 1 is 1.07 bits per heavy atom. The van der Waals surface area contributed by atoms with Crippen molar-refractivity contribution in [3.8, 4) is 17.2 Å². The summed E-state index contributed by atoms with van der Waals surface area (Å²) in [4.78, 5) is 29.3. The number of aromatic nitrogens is 1. The Kier molecular flexibility index (Phi) is 7.22. The summed E-state index contributed by atoms with van der Waals surface area (Å²) >= 11 is 1.28. The van der Waals surface area contributed by atoms with Crippen molar-refractivity contribution in [3.05, 3.63) is 35.0 Å². The zero-order valence-corrected chi connectivity index (χ0v) is 18.1. The number of hydrogen-bond donors (Lipinski definition) is 2. The maximum absolute atomic E-state index is 12.8. The molecule has 0 saturated heterocycles. The number of amides is 2. The van der Waals surface area contributed by atoms with Crippen molar-refractivity contribution in [2.45, 2.75) is 20.8 Å². The summed E-state index contributed by atoms with van der Waals surface area (Å²) in [5, 5.41) is 7.54. The third-order valence-electron chi connectivity index (χ3n) is 3.82. The predicted octanol–water partition coefficient (Wildman–Crippen LogP) is 3.31. The van der Waals surface area contributed by atoms with E-state index in [0.29, 0.717) is 27.9 Å². The molecular formula is C20H25N3O5S. The number of nitrogens with one attached hydrogen (secondary N) is 2. The molecule has 0 unspecified atom stereocenters. The summed E-state index contributed by atoms with van der Waals surface area (Å²) in [5.74, 6) is 0.497. The molecule has 0 radical (unpaired) electrons. The van der Waals surface area contributed by atoms with E-state index in [-0.39, 0.29) is 11.6 Å². The van der Waals surface area contributed by atoms with Gasteiger partial charge in [0.25, 0.3) is 5.91 Å². The second kappa shape index (κ2) is 9.42. The van der Waals surface area contributed by atoms with Crippen LogP contribution in [0.1, 0.15) is 26.3 Å². The molecule has 0 fully saturated rings. The molecule has 1 aromatic carbocycles. The number of carbonyl (C=O) groups is 2. The van der Waals surface area contributed by atoms with Crippen LogP contribution in [0.4, 0.5) is 5.13 Å². The van der Waals surface area contributed by atoms with Gasteiger partial charge in [-0.25, -0.2) is 4.98 Å². The highest BCUT2D eigenvalue weighted by Gasteiger charge is 2.25. The van der Waals surface area contributed by atoms with Gasteiger partial charge in [0.05, 0.1) is 21.3 Å². The number of nitrogens with zero attached hydrogens (tertiary/aromatic N) is 1. The van der Waals surface area contributed by atoms with Crippen LogP contribution >= 0.6 is 11.3 Å². The molecule has 0 atom stereocenters. The Bertz CT molecular complexity index is 876. The number of methoxy groups -OCH3 is 3. The van der Waals surface area contributed by atoms with Crippen LogP contribution in [0.15, 0.2) is 29.4 Å². The van der Waals surface area contributed by atoms with E-state index in [1.165, 1.54) is 38.7 Å². The van der Waals surface area contributed by atoms with Crippen LogP contribution in [0.3, 0.4) is 0 Å². The van der Waals surface area contributed by atoms with Crippen molar-refractivity contribution >= 4 is 34.4 Å². The van der Waals surface area contributed by atoms with Crippen molar-refractivity contribution in [3.63, 3.8) is 0 Å². The van der Waals surface area contributed by atoms with Gasteiger partial charge in [0.15, 0.2) is 16.6 Å². The molecule has 2 aromatic rings. The van der Waals surface area contributed by atoms with Gasteiger partial charge in [-0.05, 0) is 23.8 Å². The zero-order valence-electron chi connectivity index (χ0n) is 17.3. The van der Waals surface area contributed by atoms with Crippen LogP contribution in [-0.4, -0.2) is 38.1 Å². The lowest BCUT2D eigenvalue weighted by Gasteiger charge is -2.19. The van der Waals surface area contributed by atoms with E-state index < -0.39 is 11.3 Å². The van der Waals surface area contributed by atoms with Gasteiger partial charge in [-0.3, -0.25) is 14.9 Å². The number of thiazole rings is 1. The first kappa shape index (κ1) is 22.2. The maximum Gasteiger partial charge on any atom is 0.273 e. The van der Waals surface area contributed by atoms with Crippen molar-refractivity contribution in [2.24, 2.45) is 5.41 Å². The number of ether oxygens (including phenoxy) is 3. The number of anilines is 1. The monoisotopic (exact) mass is 419 g/mol. The zero-order chi connectivity index (χ0) is 21.6. The molecule has 1 aromatic heterocycles. The molecule has 0 aliphatic carbocycles. The Morgan fingerprint density at radius 2 is 1.69 bits per heavy atom. The van der Waals surface area contributed by atoms with E-state index in [2.05, 4.69) is 15.6 Å². The quantitative estimate of drug-likeness (QED) is 0.668. The molecule has 0 spiro atoms. The van der Waals surface area contributed by atoms with E-state index >= 15 is 0 Å². The van der Waals surface area contributed by atoms with Crippen molar-refractivity contribution in [1.29, 1.82) is 0 Å². The molecule has 8 nitrogen and oxygen atoms in total. The summed E-state index contributed by atoms with van der Waals surface area (Å²) in [7, 11) is 4.51. The summed E-state index contributed by atoms with van der Waals surface area (Å²) in [6, 6.07) is 3.36. The van der Waals surface area contributed by atoms with Crippen LogP contribution in [0, 0.1) is 5.41 Å². The molecular weight excluding hydrogens is 394 g/mol. The van der Waals surface area contributed by atoms with Gasteiger partial charge in [-0.1, -0.05) is 20.8 Å². The van der Waals surface area contributed by atoms with Crippen molar-refractivity contribution < 1.29 is 23.8 Å². The molecule has 0 bridgehead atoms. The largest absolute Gasteiger partial charge is 0.493 e. The normalized spacial score (nSPS) is 11.6. The van der Waals surface area contributed by atoms with Crippen LogP contribution in [0.2, 0.25) is 0 Å². The van der Waals surface area contributed by atoms with Gasteiger partial charge in [0.1, 0.15) is 5.70 Å². The first-order valence-corrected chi connectivity index (χ1v) is 9.61. The SMILES string of the molecule is COc1cc(/C=C(/NC(=O)C(C)(C)C)C(=O)Nc2nccs2)cc(OC)c1OC. The third kappa shape index (κ3) is 5.71. The molecule has 1 heterocycles. The minimum absolute atomic E-state index is 0.0643. The fraction of sp³-hybridized carbons (Fsp3) is 0.350. The molecule has 2 rings (SSSR count). The van der Waals surface area contributed by atoms with E-state index in [1.54, 1.807) is 44.5 Å². The molecule has 2 N–H and O–H groups in total. The molecule has 9 heteroatoms. The van der Waals surface area contributed by atoms with Crippen molar-refractivity contribution in [1.82, 2.24) is 10.3 Å². The molecule has 156 valence electrons. The highest BCUT2D eigenvalue weighted by Crippen LogP contribution is 2.38. The van der Waals surface area contributed by atoms with E-state index in [1.807, 2.05) is 0 Å². The van der Waals surface area contributed by atoms with Crippen LogP contribution in [0.25, 0.3) is 6.08 Å². The Hall–Kier alpha value is -3.07. The molecule has 0 aliphatic heterocycles. The van der Waals surface area contributed by atoms with Gasteiger partial charge in [-0.2, -0.15) is 0 Å². The average Bonchev–Trinajstić information content (AvgIpc) is 3.18. The standard InChI is InChI=1S/C20H25N3O5S/c1-20(2,3)18(25)22-13(17(24)23-19-21-7-8-29-19)9-12-10-14(26-4)16(28-6)15(11-12)27-5/h7-11H,1-6H3,(H,22,25)(H,21,23,24)/b13-9+. The maximum atomic E-state index is 12.8. The van der Waals surface area contributed by atoms with Gasteiger partial charge < -0.3 is 19.5 Å². The highest BCUT2D eigenvalue weighted by molar-refractivity contribution is 7.13. The number of benzene rings is 1. The smallest absolute Gasteiger partial charge is 0.273 e. The topological polar surface area (TPSA) is 98.8 Å². The molecule has 29 heavy (non-hydrogen) atoms. The van der Waals surface area contributed by atoms with Crippen LogP contribution < -0.4 is 24.8 Å². The minimum Gasteiger partial charge on any atom is -0.493 e. The van der Waals surface area contributed by atoms with Gasteiger partial charge in [-0.15, -0.1) is 11.3 Å².